The molecule has 0 saturated heterocycles. The summed E-state index contributed by atoms with van der Waals surface area (Å²) in [5, 5.41) is 6.71. The fourth-order valence-electron chi connectivity index (χ4n) is 2.53. The number of benzene rings is 1. The molecule has 0 atom stereocenters. The lowest BCUT2D eigenvalue weighted by Crippen LogP contribution is -2.42. The molecule has 1 aromatic carbocycles. The Morgan fingerprint density at radius 2 is 1.96 bits per heavy atom. The molecule has 1 N–H and O–H groups in total. The van der Waals surface area contributed by atoms with E-state index in [1.807, 2.05) is 13.0 Å². The van der Waals surface area contributed by atoms with E-state index < -0.39 is 5.69 Å². The van der Waals surface area contributed by atoms with Gasteiger partial charge in [-0.1, -0.05) is 18.2 Å². The zero-order valence-electron chi connectivity index (χ0n) is 12.7. The van der Waals surface area contributed by atoms with Crippen LogP contribution in [-0.2, 0) is 17.9 Å². The Bertz CT molecular complexity index is 793. The molecule has 0 fully saturated rings. The van der Waals surface area contributed by atoms with Gasteiger partial charge in [0.1, 0.15) is 6.54 Å². The highest BCUT2D eigenvalue weighted by atomic mass is 16.2. The van der Waals surface area contributed by atoms with Crippen molar-refractivity contribution in [3.8, 4) is 0 Å². The summed E-state index contributed by atoms with van der Waals surface area (Å²) in [7, 11) is 0. The van der Waals surface area contributed by atoms with Crippen molar-refractivity contribution in [1.29, 1.82) is 0 Å². The Kier molecular flexibility index (Phi) is 3.96. The van der Waals surface area contributed by atoms with Crippen LogP contribution in [0.2, 0.25) is 0 Å². The summed E-state index contributed by atoms with van der Waals surface area (Å²) in [6.45, 7) is 3.08. The van der Waals surface area contributed by atoms with Crippen LogP contribution in [-0.4, -0.2) is 44.2 Å². The van der Waals surface area contributed by atoms with Crippen LogP contribution in [0, 0.1) is 0 Å². The summed E-state index contributed by atoms with van der Waals surface area (Å²) in [6.07, 6.45) is 0. The predicted octanol–water partition coefficient (Wildman–Crippen LogP) is 0.159. The van der Waals surface area contributed by atoms with Crippen LogP contribution >= 0.6 is 0 Å². The Balaban J connectivity index is 1.78. The summed E-state index contributed by atoms with van der Waals surface area (Å²) in [5.41, 5.74) is 0.204. The molecule has 0 unspecified atom stereocenters. The van der Waals surface area contributed by atoms with Gasteiger partial charge in [-0.05, 0) is 19.1 Å². The number of para-hydroxylation sites is 1. The van der Waals surface area contributed by atoms with E-state index in [-0.39, 0.29) is 24.2 Å². The number of fused-ring (bicyclic) bond motifs is 1. The molecule has 0 radical (unpaired) electrons. The van der Waals surface area contributed by atoms with Gasteiger partial charge in [0, 0.05) is 25.3 Å². The van der Waals surface area contributed by atoms with Crippen LogP contribution in [0.3, 0.4) is 0 Å². The van der Waals surface area contributed by atoms with E-state index in [1.54, 1.807) is 29.2 Å². The summed E-state index contributed by atoms with van der Waals surface area (Å²) in [6, 6.07) is 8.95. The van der Waals surface area contributed by atoms with Crippen molar-refractivity contribution in [2.45, 2.75) is 20.0 Å². The Morgan fingerprint density at radius 1 is 1.22 bits per heavy atom. The summed E-state index contributed by atoms with van der Waals surface area (Å²) >= 11 is 0. The Labute approximate surface area is 132 Å². The lowest BCUT2D eigenvalue weighted by Gasteiger charge is -2.24. The number of hydrogen-bond donors (Lipinski definition) is 1. The first-order valence-electron chi connectivity index (χ1n) is 7.42. The molecule has 1 aliphatic rings. The second-order valence-corrected chi connectivity index (χ2v) is 5.21. The fraction of sp³-hybridized carbons (Fsp3) is 0.333. The van der Waals surface area contributed by atoms with Crippen molar-refractivity contribution in [2.24, 2.45) is 0 Å². The molecule has 3 rings (SSSR count). The van der Waals surface area contributed by atoms with Crippen LogP contribution in [0.5, 0.6) is 0 Å². The number of carbonyl (C=O) groups is 2. The number of nitrogens with one attached hydrogen (secondary N) is 1. The number of likely N-dealkylation sites (N-methyl/N-ethyl adjacent to an activating group) is 1. The quantitative estimate of drug-likeness (QED) is 0.870. The van der Waals surface area contributed by atoms with Crippen LogP contribution in [0.15, 0.2) is 35.1 Å². The van der Waals surface area contributed by atoms with Crippen molar-refractivity contribution >= 4 is 17.5 Å². The number of anilines is 1. The highest BCUT2D eigenvalue weighted by molar-refractivity contribution is 5.92. The third kappa shape index (κ3) is 2.87. The number of aromatic nitrogens is 3. The molecule has 23 heavy (non-hydrogen) atoms. The standard InChI is InChI=1S/C15H17N5O3/c1-2-18-8-9-19-13(14(18)22)17-20(15(19)23)10-12(21)16-11-6-4-3-5-7-11/h3-7H,2,8-10H2,1H3,(H,16,21). The highest BCUT2D eigenvalue weighted by Crippen LogP contribution is 2.08. The van der Waals surface area contributed by atoms with Gasteiger partial charge < -0.3 is 10.2 Å². The van der Waals surface area contributed by atoms with E-state index in [9.17, 15) is 14.4 Å². The van der Waals surface area contributed by atoms with Crippen molar-refractivity contribution in [1.82, 2.24) is 19.2 Å². The Morgan fingerprint density at radius 3 is 2.65 bits per heavy atom. The molecule has 8 heteroatoms. The highest BCUT2D eigenvalue weighted by Gasteiger charge is 2.28. The molecule has 8 nitrogen and oxygen atoms in total. The van der Waals surface area contributed by atoms with Crippen LogP contribution in [0.4, 0.5) is 5.69 Å². The molecule has 0 saturated carbocycles. The van der Waals surface area contributed by atoms with Crippen molar-refractivity contribution in [3.05, 3.63) is 46.6 Å². The van der Waals surface area contributed by atoms with Gasteiger partial charge in [-0.3, -0.25) is 14.2 Å². The van der Waals surface area contributed by atoms with Gasteiger partial charge >= 0.3 is 5.69 Å². The molecular weight excluding hydrogens is 298 g/mol. The molecule has 1 aliphatic heterocycles. The molecule has 0 aliphatic carbocycles. The van der Waals surface area contributed by atoms with Gasteiger partial charge in [-0.25, -0.2) is 9.48 Å². The first-order valence-corrected chi connectivity index (χ1v) is 7.42. The third-order valence-electron chi connectivity index (χ3n) is 3.73. The molecule has 0 spiro atoms. The lowest BCUT2D eigenvalue weighted by molar-refractivity contribution is -0.117. The summed E-state index contributed by atoms with van der Waals surface area (Å²) in [5.74, 6) is -0.553. The third-order valence-corrected chi connectivity index (χ3v) is 3.73. The smallest absolute Gasteiger partial charge is 0.334 e. The van der Waals surface area contributed by atoms with Crippen LogP contribution < -0.4 is 11.0 Å². The second-order valence-electron chi connectivity index (χ2n) is 5.21. The normalized spacial score (nSPS) is 13.8. The second kappa shape index (κ2) is 6.07. The minimum atomic E-state index is -0.438. The maximum absolute atomic E-state index is 12.3. The first kappa shape index (κ1) is 15.0. The number of carbonyl (C=O) groups excluding carboxylic acids is 2. The number of rotatable bonds is 4. The maximum atomic E-state index is 12.3. The molecule has 2 heterocycles. The van der Waals surface area contributed by atoms with Crippen molar-refractivity contribution in [3.63, 3.8) is 0 Å². The van der Waals surface area contributed by atoms with Gasteiger partial charge in [0.25, 0.3) is 5.91 Å². The van der Waals surface area contributed by atoms with E-state index in [4.69, 9.17) is 0 Å². The number of amides is 2. The average Bonchev–Trinajstić information content (AvgIpc) is 2.86. The van der Waals surface area contributed by atoms with Crippen LogP contribution in [0.25, 0.3) is 0 Å². The molecule has 0 bridgehead atoms. The number of nitrogens with zero attached hydrogens (tertiary/aromatic N) is 4. The molecule has 120 valence electrons. The van der Waals surface area contributed by atoms with Gasteiger partial charge in [0.15, 0.2) is 0 Å². The SMILES string of the molecule is CCN1CCn2c(nn(CC(=O)Nc3ccccc3)c2=O)C1=O. The lowest BCUT2D eigenvalue weighted by atomic mass is 10.3. The van der Waals surface area contributed by atoms with Gasteiger partial charge in [-0.2, -0.15) is 0 Å². The average molecular weight is 315 g/mol. The molecule has 2 amide bonds. The fourth-order valence-corrected chi connectivity index (χ4v) is 2.53. The molecule has 2 aromatic rings. The maximum Gasteiger partial charge on any atom is 0.346 e. The molecular formula is C15H17N5O3. The predicted molar refractivity (Wildman–Crippen MR) is 83.1 cm³/mol. The van der Waals surface area contributed by atoms with E-state index in [0.29, 0.717) is 25.3 Å². The van der Waals surface area contributed by atoms with Gasteiger partial charge in [-0.15, -0.1) is 5.10 Å². The number of hydrogen-bond acceptors (Lipinski definition) is 4. The van der Waals surface area contributed by atoms with E-state index in [1.165, 1.54) is 4.57 Å². The van der Waals surface area contributed by atoms with Gasteiger partial charge in [0.2, 0.25) is 11.7 Å². The molecule has 1 aromatic heterocycles. The monoisotopic (exact) mass is 315 g/mol. The zero-order chi connectivity index (χ0) is 16.4. The summed E-state index contributed by atoms with van der Waals surface area (Å²) in [4.78, 5) is 38.1. The largest absolute Gasteiger partial charge is 0.346 e. The minimum Gasteiger partial charge on any atom is -0.334 e. The Hall–Kier alpha value is -2.90. The van der Waals surface area contributed by atoms with Gasteiger partial charge in [0.05, 0.1) is 0 Å². The topological polar surface area (TPSA) is 89.2 Å². The summed E-state index contributed by atoms with van der Waals surface area (Å²) < 4.78 is 2.36. The van der Waals surface area contributed by atoms with E-state index >= 15 is 0 Å². The first-order chi connectivity index (χ1) is 11.1. The van der Waals surface area contributed by atoms with Crippen LogP contribution in [0.1, 0.15) is 17.5 Å². The zero-order valence-corrected chi connectivity index (χ0v) is 12.7. The van der Waals surface area contributed by atoms with E-state index in [0.717, 1.165) is 4.68 Å². The van der Waals surface area contributed by atoms with E-state index in [2.05, 4.69) is 10.4 Å². The van der Waals surface area contributed by atoms with Crippen molar-refractivity contribution < 1.29 is 9.59 Å². The minimum absolute atomic E-state index is 0.0932. The van der Waals surface area contributed by atoms with Crippen molar-refractivity contribution in [2.75, 3.05) is 18.4 Å².